The molecule has 1 atom stereocenters. The van der Waals surface area contributed by atoms with Crippen LogP contribution in [0.15, 0.2) is 12.1 Å². The fraction of sp³-hybridized carbons (Fsp3) is 0.643. The van der Waals surface area contributed by atoms with E-state index in [1.54, 1.807) is 0 Å². The average molecular weight is 507 g/mol. The highest BCUT2D eigenvalue weighted by Crippen LogP contribution is 2.31. The number of aryl methyl sites for hydroxylation is 1. The summed E-state index contributed by atoms with van der Waals surface area (Å²) >= 11 is 0. The Morgan fingerprint density at radius 2 is 1.22 bits per heavy atom. The molecule has 8 nitrogen and oxygen atoms in total. The molecule has 0 heterocycles. The van der Waals surface area contributed by atoms with Crippen molar-refractivity contribution in [2.45, 2.75) is 117 Å². The molecule has 8 heteroatoms. The van der Waals surface area contributed by atoms with Crippen LogP contribution in [-0.2, 0) is 25.5 Å². The first-order chi connectivity index (χ1) is 17.1. The molecule has 0 bridgehead atoms. The number of carboxylic acid groups (broad SMARTS) is 1. The minimum Gasteiger partial charge on any atom is -0.478 e. The highest BCUT2D eigenvalue weighted by Gasteiger charge is 2.21. The van der Waals surface area contributed by atoms with Crippen LogP contribution in [0.25, 0.3) is 0 Å². The maximum atomic E-state index is 11.8. The minimum atomic E-state index is -1.19. The van der Waals surface area contributed by atoms with Crippen LogP contribution < -0.4 is 9.47 Å². The molecule has 1 aromatic rings. The first kappa shape index (κ1) is 31.1. The van der Waals surface area contributed by atoms with Crippen molar-refractivity contribution < 1.29 is 38.5 Å². The summed E-state index contributed by atoms with van der Waals surface area (Å²) in [5.74, 6) is -2.52. The van der Waals surface area contributed by atoms with Crippen LogP contribution in [0.5, 0.6) is 11.5 Å². The number of ether oxygens (including phenoxy) is 3. The van der Waals surface area contributed by atoms with Gasteiger partial charge in [0.05, 0.1) is 6.10 Å². The van der Waals surface area contributed by atoms with Crippen LogP contribution in [0.1, 0.15) is 121 Å². The minimum absolute atomic E-state index is 0.00644. The van der Waals surface area contributed by atoms with Gasteiger partial charge in [0.25, 0.3) is 0 Å². The zero-order valence-corrected chi connectivity index (χ0v) is 22.2. The zero-order valence-electron chi connectivity index (χ0n) is 22.2. The summed E-state index contributed by atoms with van der Waals surface area (Å²) in [7, 11) is 0. The van der Waals surface area contributed by atoms with Gasteiger partial charge in [0, 0.05) is 26.8 Å². The predicted octanol–water partition coefficient (Wildman–Crippen LogP) is 6.41. The number of hydrogen-bond acceptors (Lipinski definition) is 7. The van der Waals surface area contributed by atoms with Crippen molar-refractivity contribution in [1.82, 2.24) is 0 Å². The lowest BCUT2D eigenvalue weighted by Crippen LogP contribution is -2.12. The first-order valence-corrected chi connectivity index (χ1v) is 13.0. The van der Waals surface area contributed by atoms with Gasteiger partial charge in [-0.15, -0.1) is 0 Å². The third kappa shape index (κ3) is 13.9. The molecular formula is C28H42O8. The number of esters is 3. The lowest BCUT2D eigenvalue weighted by molar-refractivity contribution is -0.145. The van der Waals surface area contributed by atoms with Gasteiger partial charge in [0.2, 0.25) is 0 Å². The molecule has 1 unspecified atom stereocenters. The lowest BCUT2D eigenvalue weighted by atomic mass is 9.98. The smallest absolute Gasteiger partial charge is 0.339 e. The van der Waals surface area contributed by atoms with Crippen molar-refractivity contribution in [3.63, 3.8) is 0 Å². The van der Waals surface area contributed by atoms with Gasteiger partial charge in [-0.3, -0.25) is 14.4 Å². The Morgan fingerprint density at radius 3 is 1.69 bits per heavy atom. The van der Waals surface area contributed by atoms with E-state index in [1.165, 1.54) is 71.4 Å². The summed E-state index contributed by atoms with van der Waals surface area (Å²) in [6.45, 7) is 5.83. The Balaban J connectivity index is 2.32. The van der Waals surface area contributed by atoms with Crippen molar-refractivity contribution in [1.29, 1.82) is 0 Å². The van der Waals surface area contributed by atoms with Gasteiger partial charge in [-0.05, 0) is 44.2 Å². The van der Waals surface area contributed by atoms with E-state index in [9.17, 15) is 24.3 Å². The topological polar surface area (TPSA) is 116 Å². The average Bonchev–Trinajstić information content (AvgIpc) is 2.75. The van der Waals surface area contributed by atoms with Crippen LogP contribution in [0.2, 0.25) is 0 Å². The maximum absolute atomic E-state index is 11.8. The summed E-state index contributed by atoms with van der Waals surface area (Å²) in [5.41, 5.74) is 0.418. The third-order valence-electron chi connectivity index (χ3n) is 5.81. The molecule has 0 fully saturated rings. The van der Waals surface area contributed by atoms with Gasteiger partial charge < -0.3 is 19.3 Å². The monoisotopic (exact) mass is 506 g/mol. The highest BCUT2D eigenvalue weighted by atomic mass is 16.5. The normalized spacial score (nSPS) is 11.6. The number of benzene rings is 1. The lowest BCUT2D eigenvalue weighted by Gasteiger charge is -2.14. The van der Waals surface area contributed by atoms with Crippen LogP contribution in [-0.4, -0.2) is 35.1 Å². The molecule has 0 amide bonds. The molecule has 1 rings (SSSR count). The molecule has 0 aromatic heterocycles. The van der Waals surface area contributed by atoms with E-state index in [0.717, 1.165) is 38.5 Å². The van der Waals surface area contributed by atoms with Crippen LogP contribution in [0.3, 0.4) is 0 Å². The SMILES string of the molecule is CC(=O)Oc1cc(CCCCCCCCCCCCCC(C)OC(C)=O)c(C(=O)O)c(OC(C)=O)c1. The summed E-state index contributed by atoms with van der Waals surface area (Å²) in [6, 6.07) is 2.80. The molecule has 0 saturated carbocycles. The fourth-order valence-corrected chi connectivity index (χ4v) is 4.23. The third-order valence-corrected chi connectivity index (χ3v) is 5.81. The molecule has 1 N–H and O–H groups in total. The molecular weight excluding hydrogens is 464 g/mol. The van der Waals surface area contributed by atoms with Crippen molar-refractivity contribution in [2.75, 3.05) is 0 Å². The van der Waals surface area contributed by atoms with Gasteiger partial charge in [-0.2, -0.15) is 0 Å². The molecule has 36 heavy (non-hydrogen) atoms. The van der Waals surface area contributed by atoms with E-state index in [0.29, 0.717) is 12.0 Å². The van der Waals surface area contributed by atoms with E-state index in [-0.39, 0.29) is 29.1 Å². The summed E-state index contributed by atoms with van der Waals surface area (Å²) in [4.78, 5) is 45.5. The van der Waals surface area contributed by atoms with Crippen molar-refractivity contribution in [3.8, 4) is 11.5 Å². The maximum Gasteiger partial charge on any atom is 0.339 e. The zero-order chi connectivity index (χ0) is 26.9. The Kier molecular flexibility index (Phi) is 15.1. The van der Waals surface area contributed by atoms with Crippen molar-refractivity contribution in [3.05, 3.63) is 23.3 Å². The number of carboxylic acids is 1. The highest BCUT2D eigenvalue weighted by molar-refractivity contribution is 5.94. The molecule has 0 aliphatic rings. The van der Waals surface area contributed by atoms with Crippen molar-refractivity contribution >= 4 is 23.9 Å². The number of hydrogen-bond donors (Lipinski definition) is 1. The molecule has 1 aromatic carbocycles. The molecule has 0 aliphatic heterocycles. The molecule has 202 valence electrons. The second-order valence-electron chi connectivity index (χ2n) is 9.30. The molecule has 0 aliphatic carbocycles. The van der Waals surface area contributed by atoms with Crippen LogP contribution >= 0.6 is 0 Å². The van der Waals surface area contributed by atoms with Gasteiger partial charge in [-0.25, -0.2) is 4.79 Å². The van der Waals surface area contributed by atoms with Crippen LogP contribution in [0.4, 0.5) is 0 Å². The fourth-order valence-electron chi connectivity index (χ4n) is 4.23. The van der Waals surface area contributed by atoms with Gasteiger partial charge in [-0.1, -0.05) is 57.8 Å². The van der Waals surface area contributed by atoms with E-state index < -0.39 is 17.9 Å². The number of rotatable bonds is 18. The summed E-state index contributed by atoms with van der Waals surface area (Å²) in [6.07, 6.45) is 13.7. The molecule has 0 radical (unpaired) electrons. The predicted molar refractivity (Wildman–Crippen MR) is 136 cm³/mol. The first-order valence-electron chi connectivity index (χ1n) is 13.0. The van der Waals surface area contributed by atoms with Gasteiger partial charge in [0.1, 0.15) is 17.1 Å². The number of carbonyl (C=O) groups excluding carboxylic acids is 3. The van der Waals surface area contributed by atoms with Gasteiger partial charge >= 0.3 is 23.9 Å². The Labute approximate surface area is 214 Å². The standard InChI is InChI=1S/C28H42O8/c1-20(34-21(2)29)16-14-12-10-8-6-5-7-9-11-13-15-17-24-18-25(35-22(3)30)19-26(36-23(4)31)27(24)28(32)33/h18-20H,5-17H2,1-4H3,(H,32,33). The number of carbonyl (C=O) groups is 4. The Morgan fingerprint density at radius 1 is 0.722 bits per heavy atom. The summed E-state index contributed by atoms with van der Waals surface area (Å²) in [5, 5.41) is 9.66. The number of unbranched alkanes of at least 4 members (excludes halogenated alkanes) is 10. The van der Waals surface area contributed by atoms with Gasteiger partial charge in [0.15, 0.2) is 0 Å². The van der Waals surface area contributed by atoms with Crippen molar-refractivity contribution in [2.24, 2.45) is 0 Å². The second-order valence-corrected chi connectivity index (χ2v) is 9.30. The molecule has 0 spiro atoms. The van der Waals surface area contributed by atoms with E-state index in [1.807, 2.05) is 6.92 Å². The summed E-state index contributed by atoms with van der Waals surface area (Å²) < 4.78 is 15.3. The van der Waals surface area contributed by atoms with E-state index in [4.69, 9.17) is 14.2 Å². The quantitative estimate of drug-likeness (QED) is 0.138. The van der Waals surface area contributed by atoms with Crippen LogP contribution in [0, 0.1) is 0 Å². The number of aromatic carboxylic acids is 1. The van der Waals surface area contributed by atoms with E-state index in [2.05, 4.69) is 0 Å². The Hall–Kier alpha value is -2.90. The molecule has 0 saturated heterocycles. The second kappa shape index (κ2) is 17.5. The van der Waals surface area contributed by atoms with E-state index >= 15 is 0 Å². The largest absolute Gasteiger partial charge is 0.478 e. The Bertz CT molecular complexity index is 861.